The van der Waals surface area contributed by atoms with Crippen molar-refractivity contribution in [3.8, 4) is 0 Å². The van der Waals surface area contributed by atoms with Gasteiger partial charge in [0, 0.05) is 31.9 Å². The maximum absolute atomic E-state index is 12.9. The summed E-state index contributed by atoms with van der Waals surface area (Å²) in [6, 6.07) is 12.5. The molecule has 1 aliphatic heterocycles. The zero-order valence-electron chi connectivity index (χ0n) is 15.6. The van der Waals surface area contributed by atoms with Gasteiger partial charge in [0.1, 0.15) is 0 Å². The van der Waals surface area contributed by atoms with Gasteiger partial charge in [0.15, 0.2) is 0 Å². The zero-order valence-corrected chi connectivity index (χ0v) is 16.4. The number of hydrogen-bond acceptors (Lipinski definition) is 4. The summed E-state index contributed by atoms with van der Waals surface area (Å²) in [5.41, 5.74) is 3.99. The molecule has 7 heteroatoms. The fourth-order valence-electron chi connectivity index (χ4n) is 3.37. The quantitative estimate of drug-likeness (QED) is 0.851. The minimum atomic E-state index is -3.63. The lowest BCUT2D eigenvalue weighted by Crippen LogP contribution is -2.48. The molecule has 1 N–H and O–H groups in total. The number of benzene rings is 2. The fraction of sp³-hybridized carbons (Fsp3) is 0.350. The molecule has 6 nitrogen and oxygen atoms in total. The van der Waals surface area contributed by atoms with Crippen LogP contribution in [0, 0.1) is 13.8 Å². The number of nitrogens with zero attached hydrogens (tertiary/aromatic N) is 2. The average Bonchev–Trinajstić information content (AvgIpc) is 2.63. The molecule has 1 fully saturated rings. The molecule has 0 aromatic heterocycles. The van der Waals surface area contributed by atoms with Crippen LogP contribution in [0.5, 0.6) is 0 Å². The Kier molecular flexibility index (Phi) is 5.53. The Bertz CT molecular complexity index is 948. The van der Waals surface area contributed by atoms with Crippen molar-refractivity contribution in [2.45, 2.75) is 25.2 Å². The topological polar surface area (TPSA) is 77.9 Å². The number of carbonyl (C=O) groups is 1. The number of aliphatic carboxylic acids is 1. The number of anilines is 1. The van der Waals surface area contributed by atoms with Gasteiger partial charge in [-0.1, -0.05) is 24.3 Å². The van der Waals surface area contributed by atoms with Crippen molar-refractivity contribution in [2.24, 2.45) is 0 Å². The highest BCUT2D eigenvalue weighted by Gasteiger charge is 2.29. The van der Waals surface area contributed by atoms with Crippen molar-refractivity contribution in [1.29, 1.82) is 0 Å². The molecule has 0 unspecified atom stereocenters. The van der Waals surface area contributed by atoms with E-state index in [4.69, 9.17) is 5.11 Å². The lowest BCUT2D eigenvalue weighted by atomic mass is 10.1. The second kappa shape index (κ2) is 7.70. The van der Waals surface area contributed by atoms with Gasteiger partial charge >= 0.3 is 5.97 Å². The van der Waals surface area contributed by atoms with E-state index in [0.29, 0.717) is 31.7 Å². The van der Waals surface area contributed by atoms with Gasteiger partial charge in [-0.05, 0) is 48.7 Å². The molecular weight excluding hydrogens is 364 g/mol. The lowest BCUT2D eigenvalue weighted by Gasteiger charge is -2.36. The molecule has 0 bridgehead atoms. The van der Waals surface area contributed by atoms with Crippen molar-refractivity contribution in [3.63, 3.8) is 0 Å². The van der Waals surface area contributed by atoms with Crippen LogP contribution in [-0.4, -0.2) is 50.0 Å². The number of aryl methyl sites for hydroxylation is 2. The summed E-state index contributed by atoms with van der Waals surface area (Å²) in [5, 5.41) is 8.92. The van der Waals surface area contributed by atoms with Gasteiger partial charge in [-0.25, -0.2) is 8.42 Å². The van der Waals surface area contributed by atoms with Gasteiger partial charge in [-0.15, -0.1) is 0 Å². The molecule has 0 saturated carbocycles. The standard InChI is InChI=1S/C20H24N2O4S/c1-15-6-7-16(2)19(12-15)21-8-10-22(11-9-21)27(25,26)18-5-3-4-17(13-18)14-20(23)24/h3-7,12-13H,8-11,14H2,1-2H3,(H,23,24). The molecular formula is C20H24N2O4S. The van der Waals surface area contributed by atoms with Crippen LogP contribution in [0.4, 0.5) is 5.69 Å². The van der Waals surface area contributed by atoms with Crippen LogP contribution in [0.25, 0.3) is 0 Å². The average molecular weight is 388 g/mol. The van der Waals surface area contributed by atoms with E-state index in [-0.39, 0.29) is 11.3 Å². The number of rotatable bonds is 5. The molecule has 1 aliphatic rings. The minimum absolute atomic E-state index is 0.154. The summed E-state index contributed by atoms with van der Waals surface area (Å²) in [6.45, 7) is 6.16. The second-order valence-corrected chi connectivity index (χ2v) is 8.84. The van der Waals surface area contributed by atoms with E-state index in [1.54, 1.807) is 12.1 Å². The Labute approximate surface area is 160 Å². The maximum atomic E-state index is 12.9. The highest BCUT2D eigenvalue weighted by atomic mass is 32.2. The van der Waals surface area contributed by atoms with Gasteiger partial charge in [0.25, 0.3) is 0 Å². The van der Waals surface area contributed by atoms with Gasteiger partial charge in [-0.3, -0.25) is 4.79 Å². The molecule has 0 amide bonds. The monoisotopic (exact) mass is 388 g/mol. The van der Waals surface area contributed by atoms with E-state index < -0.39 is 16.0 Å². The van der Waals surface area contributed by atoms with Crippen molar-refractivity contribution < 1.29 is 18.3 Å². The van der Waals surface area contributed by atoms with Crippen molar-refractivity contribution in [3.05, 3.63) is 59.2 Å². The third kappa shape index (κ3) is 4.31. The van der Waals surface area contributed by atoms with Gasteiger partial charge in [-0.2, -0.15) is 4.31 Å². The number of sulfonamides is 1. The number of piperazine rings is 1. The SMILES string of the molecule is Cc1ccc(C)c(N2CCN(S(=O)(=O)c3cccc(CC(=O)O)c3)CC2)c1. The predicted molar refractivity (Wildman–Crippen MR) is 105 cm³/mol. The Morgan fingerprint density at radius 2 is 1.74 bits per heavy atom. The first-order chi connectivity index (χ1) is 12.8. The predicted octanol–water partition coefficient (Wildman–Crippen LogP) is 2.44. The van der Waals surface area contributed by atoms with Gasteiger partial charge in [0.2, 0.25) is 10.0 Å². The van der Waals surface area contributed by atoms with Crippen LogP contribution in [-0.2, 0) is 21.2 Å². The summed E-state index contributed by atoms with van der Waals surface area (Å²) in [4.78, 5) is 13.3. The second-order valence-electron chi connectivity index (χ2n) is 6.90. The molecule has 0 spiro atoms. The summed E-state index contributed by atoms with van der Waals surface area (Å²) >= 11 is 0. The van der Waals surface area contributed by atoms with E-state index in [1.807, 2.05) is 6.92 Å². The molecule has 2 aromatic carbocycles. The van der Waals surface area contributed by atoms with Crippen molar-refractivity contribution in [1.82, 2.24) is 4.31 Å². The highest BCUT2D eigenvalue weighted by Crippen LogP contribution is 2.25. The summed E-state index contributed by atoms with van der Waals surface area (Å²) < 4.78 is 27.4. The molecule has 3 rings (SSSR count). The summed E-state index contributed by atoms with van der Waals surface area (Å²) in [6.07, 6.45) is -0.191. The van der Waals surface area contributed by atoms with Gasteiger partial charge < -0.3 is 10.0 Å². The molecule has 144 valence electrons. The van der Waals surface area contributed by atoms with Crippen LogP contribution < -0.4 is 4.90 Å². The Balaban J connectivity index is 1.75. The zero-order chi connectivity index (χ0) is 19.6. The maximum Gasteiger partial charge on any atom is 0.307 e. The van der Waals surface area contributed by atoms with Crippen LogP contribution in [0.3, 0.4) is 0 Å². The van der Waals surface area contributed by atoms with Crippen LogP contribution >= 0.6 is 0 Å². The number of carboxylic acids is 1. The Morgan fingerprint density at radius 3 is 2.41 bits per heavy atom. The molecule has 0 atom stereocenters. The summed E-state index contributed by atoms with van der Waals surface area (Å²) in [5.74, 6) is -0.980. The third-order valence-electron chi connectivity index (χ3n) is 4.84. The van der Waals surface area contributed by atoms with Crippen LogP contribution in [0.1, 0.15) is 16.7 Å². The molecule has 2 aromatic rings. The normalized spacial score (nSPS) is 15.7. The number of hydrogen-bond donors (Lipinski definition) is 1. The lowest BCUT2D eigenvalue weighted by molar-refractivity contribution is -0.136. The minimum Gasteiger partial charge on any atom is -0.481 e. The van der Waals surface area contributed by atoms with Crippen LogP contribution in [0.15, 0.2) is 47.4 Å². The smallest absolute Gasteiger partial charge is 0.307 e. The van der Waals surface area contributed by atoms with E-state index in [9.17, 15) is 13.2 Å². The number of carboxylic acid groups (broad SMARTS) is 1. The van der Waals surface area contributed by atoms with Crippen molar-refractivity contribution in [2.75, 3.05) is 31.1 Å². The largest absolute Gasteiger partial charge is 0.481 e. The molecule has 0 radical (unpaired) electrons. The van der Waals surface area contributed by atoms with E-state index in [0.717, 1.165) is 5.69 Å². The first-order valence-corrected chi connectivity index (χ1v) is 10.3. The molecule has 27 heavy (non-hydrogen) atoms. The van der Waals surface area contributed by atoms with Gasteiger partial charge in [0.05, 0.1) is 11.3 Å². The third-order valence-corrected chi connectivity index (χ3v) is 6.73. The van der Waals surface area contributed by atoms with Crippen LogP contribution in [0.2, 0.25) is 0 Å². The highest BCUT2D eigenvalue weighted by molar-refractivity contribution is 7.89. The summed E-state index contributed by atoms with van der Waals surface area (Å²) in [7, 11) is -3.63. The van der Waals surface area contributed by atoms with Crippen molar-refractivity contribution >= 4 is 21.7 Å². The van der Waals surface area contributed by atoms with E-state index in [1.165, 1.54) is 27.6 Å². The Morgan fingerprint density at radius 1 is 1.04 bits per heavy atom. The Hall–Kier alpha value is -2.38. The van der Waals surface area contributed by atoms with E-state index >= 15 is 0 Å². The first kappa shape index (κ1) is 19.4. The molecule has 1 saturated heterocycles. The molecule has 0 aliphatic carbocycles. The van der Waals surface area contributed by atoms with E-state index in [2.05, 4.69) is 30.0 Å². The fourth-order valence-corrected chi connectivity index (χ4v) is 4.86. The molecule has 1 heterocycles. The first-order valence-electron chi connectivity index (χ1n) is 8.90.